The third kappa shape index (κ3) is 2.76. The normalized spacial score (nSPS) is 19.6. The molecule has 0 amide bonds. The van der Waals surface area contributed by atoms with Crippen LogP contribution in [0, 0.1) is 6.92 Å². The van der Waals surface area contributed by atoms with Crippen molar-refractivity contribution in [2.24, 2.45) is 0 Å². The molecule has 1 aromatic heterocycles. The van der Waals surface area contributed by atoms with E-state index in [0.29, 0.717) is 0 Å². The average molecular weight is 272 g/mol. The van der Waals surface area contributed by atoms with Crippen molar-refractivity contribution in [3.05, 3.63) is 41.7 Å². The first-order valence-corrected chi connectivity index (χ1v) is 7.14. The Balaban J connectivity index is 1.72. The Morgan fingerprint density at radius 3 is 2.90 bits per heavy atom. The van der Waals surface area contributed by atoms with Gasteiger partial charge in [-0.05, 0) is 26.3 Å². The van der Waals surface area contributed by atoms with Gasteiger partial charge in [-0.1, -0.05) is 35.0 Å². The number of hydrogen-bond donors (Lipinski definition) is 1. The van der Waals surface area contributed by atoms with Crippen LogP contribution >= 0.6 is 0 Å². The van der Waals surface area contributed by atoms with Gasteiger partial charge in [0.15, 0.2) is 5.76 Å². The van der Waals surface area contributed by atoms with Gasteiger partial charge in [-0.2, -0.15) is 0 Å². The van der Waals surface area contributed by atoms with E-state index < -0.39 is 0 Å². The molecule has 1 saturated heterocycles. The predicted octanol–water partition coefficient (Wildman–Crippen LogP) is 2.61. The summed E-state index contributed by atoms with van der Waals surface area (Å²) < 4.78 is 5.43. The lowest BCUT2D eigenvalue weighted by molar-refractivity contribution is 0.143. The fourth-order valence-electron chi connectivity index (χ4n) is 2.76. The fraction of sp³-hybridized carbons (Fsp3) is 0.438. The zero-order chi connectivity index (χ0) is 13.9. The summed E-state index contributed by atoms with van der Waals surface area (Å²) in [6.45, 7) is 4.04. The standard InChI is InChI=1S/C16H20N2O2/c1-12-4-6-13(7-5-12)16-9-15(20-17-16)10-18-8-2-3-14(18)11-19/h4-7,9,14,19H,2-3,8,10-11H2,1H3/t14-/m0/s1. The third-order valence-corrected chi connectivity index (χ3v) is 3.98. The predicted molar refractivity (Wildman–Crippen MR) is 77.2 cm³/mol. The molecule has 4 heteroatoms. The van der Waals surface area contributed by atoms with Crippen molar-refractivity contribution in [2.45, 2.75) is 32.4 Å². The molecular weight excluding hydrogens is 252 g/mol. The molecule has 2 aromatic rings. The molecule has 1 aromatic carbocycles. The van der Waals surface area contributed by atoms with Crippen molar-refractivity contribution in [2.75, 3.05) is 13.2 Å². The van der Waals surface area contributed by atoms with Crippen molar-refractivity contribution in [3.8, 4) is 11.3 Å². The van der Waals surface area contributed by atoms with Gasteiger partial charge in [0, 0.05) is 17.7 Å². The number of hydrogen-bond acceptors (Lipinski definition) is 4. The van der Waals surface area contributed by atoms with E-state index in [9.17, 15) is 5.11 Å². The summed E-state index contributed by atoms with van der Waals surface area (Å²) in [4.78, 5) is 2.26. The molecule has 0 radical (unpaired) electrons. The van der Waals surface area contributed by atoms with E-state index in [2.05, 4.69) is 41.2 Å². The van der Waals surface area contributed by atoms with Crippen molar-refractivity contribution in [1.82, 2.24) is 10.1 Å². The van der Waals surface area contributed by atoms with Gasteiger partial charge in [0.1, 0.15) is 5.69 Å². The monoisotopic (exact) mass is 272 g/mol. The van der Waals surface area contributed by atoms with Gasteiger partial charge in [0.25, 0.3) is 0 Å². The molecule has 0 saturated carbocycles. The van der Waals surface area contributed by atoms with Crippen molar-refractivity contribution >= 4 is 0 Å². The van der Waals surface area contributed by atoms with Gasteiger partial charge in [0.05, 0.1) is 13.2 Å². The summed E-state index contributed by atoms with van der Waals surface area (Å²) in [5.41, 5.74) is 3.19. The van der Waals surface area contributed by atoms with Crippen LogP contribution in [0.5, 0.6) is 0 Å². The van der Waals surface area contributed by atoms with E-state index in [4.69, 9.17) is 4.52 Å². The van der Waals surface area contributed by atoms with E-state index in [-0.39, 0.29) is 12.6 Å². The minimum Gasteiger partial charge on any atom is -0.395 e. The number of aromatic nitrogens is 1. The molecule has 1 atom stereocenters. The molecule has 3 rings (SSSR count). The molecule has 1 fully saturated rings. The SMILES string of the molecule is Cc1ccc(-c2cc(CN3CCC[C@H]3CO)on2)cc1. The summed E-state index contributed by atoms with van der Waals surface area (Å²) in [5, 5.41) is 13.5. The molecule has 0 bridgehead atoms. The van der Waals surface area contributed by atoms with Gasteiger partial charge >= 0.3 is 0 Å². The van der Waals surface area contributed by atoms with E-state index in [0.717, 1.165) is 42.9 Å². The number of likely N-dealkylation sites (tertiary alicyclic amines) is 1. The Labute approximate surface area is 119 Å². The molecule has 4 nitrogen and oxygen atoms in total. The number of aliphatic hydroxyl groups excluding tert-OH is 1. The number of rotatable bonds is 4. The van der Waals surface area contributed by atoms with Crippen LogP contribution in [-0.2, 0) is 6.54 Å². The topological polar surface area (TPSA) is 49.5 Å². The summed E-state index contributed by atoms with van der Waals surface area (Å²) in [7, 11) is 0. The van der Waals surface area contributed by atoms with E-state index in [1.165, 1.54) is 5.56 Å². The maximum atomic E-state index is 9.34. The second-order valence-electron chi connectivity index (χ2n) is 5.49. The van der Waals surface area contributed by atoms with E-state index in [1.807, 2.05) is 6.07 Å². The molecular formula is C16H20N2O2. The number of nitrogens with zero attached hydrogens (tertiary/aromatic N) is 2. The zero-order valence-corrected chi connectivity index (χ0v) is 11.7. The van der Waals surface area contributed by atoms with Gasteiger partial charge in [-0.3, -0.25) is 4.90 Å². The largest absolute Gasteiger partial charge is 0.395 e. The van der Waals surface area contributed by atoms with Crippen LogP contribution in [0.15, 0.2) is 34.9 Å². The van der Waals surface area contributed by atoms with Crippen LogP contribution in [0.25, 0.3) is 11.3 Å². The lowest BCUT2D eigenvalue weighted by atomic mass is 10.1. The van der Waals surface area contributed by atoms with Crippen LogP contribution in [0.2, 0.25) is 0 Å². The zero-order valence-electron chi connectivity index (χ0n) is 11.7. The van der Waals surface area contributed by atoms with Crippen LogP contribution in [-0.4, -0.2) is 34.4 Å². The van der Waals surface area contributed by atoms with Crippen molar-refractivity contribution in [3.63, 3.8) is 0 Å². The molecule has 2 heterocycles. The van der Waals surface area contributed by atoms with Crippen LogP contribution in [0.3, 0.4) is 0 Å². The smallest absolute Gasteiger partial charge is 0.151 e. The van der Waals surface area contributed by atoms with E-state index in [1.54, 1.807) is 0 Å². The molecule has 0 aliphatic carbocycles. The Hall–Kier alpha value is -1.65. The Kier molecular flexibility index (Phi) is 3.85. The van der Waals surface area contributed by atoms with Gasteiger partial charge < -0.3 is 9.63 Å². The van der Waals surface area contributed by atoms with Gasteiger partial charge in [-0.15, -0.1) is 0 Å². The van der Waals surface area contributed by atoms with Crippen LogP contribution in [0.4, 0.5) is 0 Å². The fourth-order valence-corrected chi connectivity index (χ4v) is 2.76. The lowest BCUT2D eigenvalue weighted by Crippen LogP contribution is -2.31. The second-order valence-corrected chi connectivity index (χ2v) is 5.49. The highest BCUT2D eigenvalue weighted by molar-refractivity contribution is 5.59. The van der Waals surface area contributed by atoms with E-state index >= 15 is 0 Å². The number of aryl methyl sites for hydroxylation is 1. The van der Waals surface area contributed by atoms with Crippen molar-refractivity contribution < 1.29 is 9.63 Å². The molecule has 106 valence electrons. The Bertz CT molecular complexity index is 562. The maximum Gasteiger partial charge on any atom is 0.151 e. The Morgan fingerprint density at radius 1 is 1.35 bits per heavy atom. The number of aliphatic hydroxyl groups is 1. The number of benzene rings is 1. The second kappa shape index (κ2) is 5.77. The molecule has 0 unspecified atom stereocenters. The van der Waals surface area contributed by atoms with Crippen LogP contribution < -0.4 is 0 Å². The first-order chi connectivity index (χ1) is 9.76. The highest BCUT2D eigenvalue weighted by Gasteiger charge is 2.24. The lowest BCUT2D eigenvalue weighted by Gasteiger charge is -2.20. The quantitative estimate of drug-likeness (QED) is 0.929. The van der Waals surface area contributed by atoms with Gasteiger partial charge in [0.2, 0.25) is 0 Å². The highest BCUT2D eigenvalue weighted by atomic mass is 16.5. The Morgan fingerprint density at radius 2 is 2.15 bits per heavy atom. The third-order valence-electron chi connectivity index (χ3n) is 3.98. The molecule has 0 spiro atoms. The average Bonchev–Trinajstić information content (AvgIpc) is 3.09. The minimum atomic E-state index is 0.221. The first kappa shape index (κ1) is 13.3. The first-order valence-electron chi connectivity index (χ1n) is 7.14. The van der Waals surface area contributed by atoms with Gasteiger partial charge in [-0.25, -0.2) is 0 Å². The minimum absolute atomic E-state index is 0.221. The molecule has 1 N–H and O–H groups in total. The summed E-state index contributed by atoms with van der Waals surface area (Å²) in [6, 6.07) is 10.5. The molecule has 1 aliphatic heterocycles. The molecule has 20 heavy (non-hydrogen) atoms. The molecule has 1 aliphatic rings. The maximum absolute atomic E-state index is 9.34. The summed E-state index contributed by atoms with van der Waals surface area (Å²) >= 11 is 0. The van der Waals surface area contributed by atoms with Crippen LogP contribution in [0.1, 0.15) is 24.2 Å². The summed E-state index contributed by atoms with van der Waals surface area (Å²) in [5.74, 6) is 0.862. The summed E-state index contributed by atoms with van der Waals surface area (Å²) in [6.07, 6.45) is 2.21. The highest BCUT2D eigenvalue weighted by Crippen LogP contribution is 2.23. The van der Waals surface area contributed by atoms with Crippen molar-refractivity contribution in [1.29, 1.82) is 0 Å².